The van der Waals surface area contributed by atoms with Gasteiger partial charge in [-0.25, -0.2) is 4.98 Å². The summed E-state index contributed by atoms with van der Waals surface area (Å²) in [7, 11) is 0. The number of nitrogens with zero attached hydrogens (tertiary/aromatic N) is 4. The van der Waals surface area contributed by atoms with E-state index in [-0.39, 0.29) is 12.4 Å². The summed E-state index contributed by atoms with van der Waals surface area (Å²) < 4.78 is 1.91. The van der Waals surface area contributed by atoms with E-state index in [4.69, 9.17) is 0 Å². The van der Waals surface area contributed by atoms with E-state index in [2.05, 4.69) is 51.4 Å². The monoisotopic (exact) mass is 318 g/mol. The van der Waals surface area contributed by atoms with Crippen LogP contribution in [0, 0.1) is 0 Å². The van der Waals surface area contributed by atoms with Crippen LogP contribution in [0.4, 0.5) is 0 Å². The minimum absolute atomic E-state index is 0. The lowest BCUT2D eigenvalue weighted by atomic mass is 9.99. The van der Waals surface area contributed by atoms with Gasteiger partial charge in [0.15, 0.2) is 0 Å². The molecule has 118 valence electrons. The molecule has 0 aliphatic carbocycles. The quantitative estimate of drug-likeness (QED) is 0.767. The molecular weight excluding hydrogens is 296 g/mol. The second kappa shape index (κ2) is 8.71. The third-order valence-corrected chi connectivity index (χ3v) is 4.02. The van der Waals surface area contributed by atoms with Gasteiger partial charge < -0.3 is 0 Å². The van der Waals surface area contributed by atoms with E-state index in [1.165, 1.54) is 30.6 Å². The van der Waals surface area contributed by atoms with Gasteiger partial charge in [-0.1, -0.05) is 36.4 Å². The molecule has 3 rings (SSSR count). The Morgan fingerprint density at radius 2 is 1.86 bits per heavy atom. The summed E-state index contributed by atoms with van der Waals surface area (Å²) in [5, 5.41) is 4.13. The molecule has 1 aromatic carbocycles. The molecule has 0 unspecified atom stereocenters. The number of halogens is 1. The van der Waals surface area contributed by atoms with Crippen LogP contribution >= 0.6 is 12.4 Å². The minimum atomic E-state index is 0. The molecule has 0 atom stereocenters. The van der Waals surface area contributed by atoms with Gasteiger partial charge in [-0.2, -0.15) is 5.10 Å². The fourth-order valence-corrected chi connectivity index (χ4v) is 2.79. The van der Waals surface area contributed by atoms with Crippen molar-refractivity contribution in [2.24, 2.45) is 0 Å². The van der Waals surface area contributed by atoms with Crippen LogP contribution in [0.25, 0.3) is 5.57 Å². The van der Waals surface area contributed by atoms with Gasteiger partial charge in [0.05, 0.1) is 0 Å². The number of benzene rings is 1. The highest BCUT2D eigenvalue weighted by molar-refractivity contribution is 5.85. The molecule has 0 bridgehead atoms. The summed E-state index contributed by atoms with van der Waals surface area (Å²) in [6, 6.07) is 10.7. The Morgan fingerprint density at radius 1 is 1.05 bits per heavy atom. The van der Waals surface area contributed by atoms with Gasteiger partial charge in [-0.3, -0.25) is 9.58 Å². The first kappa shape index (κ1) is 16.7. The molecule has 1 aliphatic heterocycles. The van der Waals surface area contributed by atoms with Crippen molar-refractivity contribution in [3.8, 4) is 0 Å². The maximum atomic E-state index is 4.13. The standard InChI is InChI=1S/C17H22N4.ClH/c1-2-6-16(7-3-1)17-8-12-20(13-9-17)10-4-5-11-21-15-18-14-19-21;/h1-3,6-8,14-15H,4-5,9-13H2;1H. The fraction of sp³-hybridized carbons (Fsp3) is 0.412. The number of unbranched alkanes of at least 4 members (excludes halogenated alkanes) is 1. The number of hydrogen-bond donors (Lipinski definition) is 0. The van der Waals surface area contributed by atoms with Gasteiger partial charge in [0.1, 0.15) is 12.7 Å². The van der Waals surface area contributed by atoms with Crippen LogP contribution < -0.4 is 0 Å². The molecule has 4 nitrogen and oxygen atoms in total. The van der Waals surface area contributed by atoms with Crippen molar-refractivity contribution >= 4 is 18.0 Å². The summed E-state index contributed by atoms with van der Waals surface area (Å²) in [6.07, 6.45) is 9.31. The topological polar surface area (TPSA) is 34.0 Å². The maximum absolute atomic E-state index is 4.13. The van der Waals surface area contributed by atoms with Crippen LogP contribution in [0.2, 0.25) is 0 Å². The Labute approximate surface area is 138 Å². The van der Waals surface area contributed by atoms with E-state index in [1.807, 2.05) is 4.68 Å². The largest absolute Gasteiger partial charge is 0.299 e. The van der Waals surface area contributed by atoms with Crippen molar-refractivity contribution < 1.29 is 0 Å². The van der Waals surface area contributed by atoms with Crippen LogP contribution in [-0.4, -0.2) is 39.3 Å². The molecule has 22 heavy (non-hydrogen) atoms. The number of aromatic nitrogens is 3. The van der Waals surface area contributed by atoms with Crippen LogP contribution in [0.3, 0.4) is 0 Å². The van der Waals surface area contributed by atoms with Gasteiger partial charge in [0.2, 0.25) is 0 Å². The number of hydrogen-bond acceptors (Lipinski definition) is 3. The van der Waals surface area contributed by atoms with Gasteiger partial charge in [0, 0.05) is 19.6 Å². The normalized spacial score (nSPS) is 15.2. The summed E-state index contributed by atoms with van der Waals surface area (Å²) in [5.74, 6) is 0. The lowest BCUT2D eigenvalue weighted by Gasteiger charge is -2.26. The molecular formula is C17H23ClN4. The molecule has 5 heteroatoms. The summed E-state index contributed by atoms with van der Waals surface area (Å²) >= 11 is 0. The van der Waals surface area contributed by atoms with Crippen molar-refractivity contribution in [2.75, 3.05) is 19.6 Å². The van der Waals surface area contributed by atoms with Crippen LogP contribution in [0.5, 0.6) is 0 Å². The van der Waals surface area contributed by atoms with Crippen LogP contribution in [0.15, 0.2) is 49.1 Å². The highest BCUT2D eigenvalue weighted by Crippen LogP contribution is 2.21. The molecule has 0 saturated heterocycles. The first-order valence-corrected chi connectivity index (χ1v) is 7.71. The Morgan fingerprint density at radius 3 is 2.55 bits per heavy atom. The van der Waals surface area contributed by atoms with Gasteiger partial charge in [-0.15, -0.1) is 12.4 Å². The van der Waals surface area contributed by atoms with E-state index >= 15 is 0 Å². The highest BCUT2D eigenvalue weighted by Gasteiger charge is 2.12. The van der Waals surface area contributed by atoms with E-state index < -0.39 is 0 Å². The summed E-state index contributed by atoms with van der Waals surface area (Å²) in [5.41, 5.74) is 2.87. The van der Waals surface area contributed by atoms with Gasteiger partial charge in [0.25, 0.3) is 0 Å². The lowest BCUT2D eigenvalue weighted by Crippen LogP contribution is -2.29. The first-order chi connectivity index (χ1) is 10.4. The molecule has 0 N–H and O–H groups in total. The molecule has 0 radical (unpaired) electrons. The minimum Gasteiger partial charge on any atom is -0.299 e. The zero-order valence-corrected chi connectivity index (χ0v) is 13.6. The predicted molar refractivity (Wildman–Crippen MR) is 92.0 cm³/mol. The molecule has 1 aliphatic rings. The molecule has 0 fully saturated rings. The average molecular weight is 319 g/mol. The van der Waals surface area contributed by atoms with Crippen LogP contribution in [0.1, 0.15) is 24.8 Å². The van der Waals surface area contributed by atoms with E-state index in [0.717, 1.165) is 25.9 Å². The Hall–Kier alpha value is -1.65. The van der Waals surface area contributed by atoms with Crippen molar-refractivity contribution in [3.63, 3.8) is 0 Å². The molecule has 1 aromatic heterocycles. The third-order valence-electron chi connectivity index (χ3n) is 4.02. The van der Waals surface area contributed by atoms with E-state index in [0.29, 0.717) is 0 Å². The second-order valence-electron chi connectivity index (χ2n) is 5.51. The van der Waals surface area contributed by atoms with Gasteiger partial charge >= 0.3 is 0 Å². The molecule has 2 heterocycles. The molecule has 0 amide bonds. The third kappa shape index (κ3) is 4.68. The number of rotatable bonds is 6. The summed E-state index contributed by atoms with van der Waals surface area (Å²) in [6.45, 7) is 4.39. The van der Waals surface area contributed by atoms with Crippen molar-refractivity contribution in [3.05, 3.63) is 54.6 Å². The first-order valence-electron chi connectivity index (χ1n) is 7.71. The van der Waals surface area contributed by atoms with Crippen molar-refractivity contribution in [2.45, 2.75) is 25.8 Å². The average Bonchev–Trinajstić information content (AvgIpc) is 3.06. The fourth-order valence-electron chi connectivity index (χ4n) is 2.79. The smallest absolute Gasteiger partial charge is 0.137 e. The Bertz CT molecular complexity index is 566. The molecule has 2 aromatic rings. The van der Waals surface area contributed by atoms with E-state index in [9.17, 15) is 0 Å². The Balaban J connectivity index is 0.00000176. The summed E-state index contributed by atoms with van der Waals surface area (Å²) in [4.78, 5) is 6.50. The second-order valence-corrected chi connectivity index (χ2v) is 5.51. The Kier molecular flexibility index (Phi) is 6.62. The SMILES string of the molecule is C1=C(c2ccccc2)CCN(CCCCn2cncn2)C1.Cl. The van der Waals surface area contributed by atoms with Crippen LogP contribution in [-0.2, 0) is 6.54 Å². The van der Waals surface area contributed by atoms with E-state index in [1.54, 1.807) is 12.7 Å². The zero-order valence-electron chi connectivity index (χ0n) is 12.8. The van der Waals surface area contributed by atoms with Crippen molar-refractivity contribution in [1.82, 2.24) is 19.7 Å². The predicted octanol–water partition coefficient (Wildman–Crippen LogP) is 3.27. The molecule has 0 spiro atoms. The maximum Gasteiger partial charge on any atom is 0.137 e. The zero-order chi connectivity index (χ0) is 14.3. The van der Waals surface area contributed by atoms with Gasteiger partial charge in [-0.05, 0) is 36.9 Å². The molecule has 0 saturated carbocycles. The number of aryl methyl sites for hydroxylation is 1. The highest BCUT2D eigenvalue weighted by atomic mass is 35.5. The van der Waals surface area contributed by atoms with Crippen molar-refractivity contribution in [1.29, 1.82) is 0 Å². The lowest BCUT2D eigenvalue weighted by molar-refractivity contribution is 0.291.